The third-order valence-corrected chi connectivity index (χ3v) is 3.00. The topological polar surface area (TPSA) is 71.1 Å². The van der Waals surface area contributed by atoms with Crippen LogP contribution in [0.15, 0.2) is 18.3 Å². The third-order valence-electron chi connectivity index (χ3n) is 2.76. The van der Waals surface area contributed by atoms with E-state index in [1.807, 2.05) is 0 Å². The normalized spacial score (nSPS) is 13.9. The quantitative estimate of drug-likeness (QED) is 0.777. The zero-order valence-electron chi connectivity index (χ0n) is 10.5. The highest BCUT2D eigenvalue weighted by Gasteiger charge is 2.22. The summed E-state index contributed by atoms with van der Waals surface area (Å²) in [6, 6.07) is 3.51. The predicted octanol–water partition coefficient (Wildman–Crippen LogP) is 1.52. The van der Waals surface area contributed by atoms with Crippen molar-refractivity contribution in [3.05, 3.63) is 29.0 Å². The molecule has 1 aromatic heterocycles. The van der Waals surface area contributed by atoms with Gasteiger partial charge in [0.05, 0.1) is 0 Å². The number of halogens is 1. The number of hydrogen-bond acceptors (Lipinski definition) is 3. The standard InChI is InChI=1S/C13H16ClN3O2/c14-9-5-7-15-11(8-9)13(19)16-6-1-2-12(18)17-10-3-4-10/h5,7-8,10H,1-4,6H2,(H,16,19)(H,17,18). The SMILES string of the molecule is O=C(CCCNC(=O)c1cc(Cl)ccn1)NC1CC1. The Balaban J connectivity index is 1.64. The molecule has 2 amide bonds. The first-order valence-corrected chi connectivity index (χ1v) is 6.72. The van der Waals surface area contributed by atoms with Gasteiger partial charge in [-0.15, -0.1) is 0 Å². The van der Waals surface area contributed by atoms with Crippen molar-refractivity contribution in [2.45, 2.75) is 31.7 Å². The highest BCUT2D eigenvalue weighted by atomic mass is 35.5. The van der Waals surface area contributed by atoms with Gasteiger partial charge in [-0.3, -0.25) is 14.6 Å². The lowest BCUT2D eigenvalue weighted by molar-refractivity contribution is -0.121. The van der Waals surface area contributed by atoms with Gasteiger partial charge in [0.2, 0.25) is 5.91 Å². The lowest BCUT2D eigenvalue weighted by atomic mass is 10.2. The second-order valence-electron chi connectivity index (χ2n) is 4.56. The summed E-state index contributed by atoms with van der Waals surface area (Å²) >= 11 is 5.77. The van der Waals surface area contributed by atoms with Crippen molar-refractivity contribution in [3.63, 3.8) is 0 Å². The number of rotatable bonds is 6. The average Bonchev–Trinajstić information content (AvgIpc) is 3.18. The van der Waals surface area contributed by atoms with Crippen LogP contribution >= 0.6 is 11.6 Å². The number of amides is 2. The molecule has 0 atom stereocenters. The molecule has 1 heterocycles. The maximum absolute atomic E-state index is 11.7. The first-order chi connectivity index (χ1) is 9.15. The van der Waals surface area contributed by atoms with Gasteiger partial charge in [0.1, 0.15) is 5.69 Å². The van der Waals surface area contributed by atoms with Crippen LogP contribution in [-0.2, 0) is 4.79 Å². The van der Waals surface area contributed by atoms with E-state index < -0.39 is 0 Å². The van der Waals surface area contributed by atoms with Crippen molar-refractivity contribution in [2.75, 3.05) is 6.54 Å². The van der Waals surface area contributed by atoms with E-state index in [4.69, 9.17) is 11.6 Å². The van der Waals surface area contributed by atoms with E-state index in [0.717, 1.165) is 12.8 Å². The van der Waals surface area contributed by atoms with Gasteiger partial charge < -0.3 is 10.6 Å². The molecular weight excluding hydrogens is 266 g/mol. The van der Waals surface area contributed by atoms with Crippen molar-refractivity contribution in [1.82, 2.24) is 15.6 Å². The van der Waals surface area contributed by atoms with E-state index >= 15 is 0 Å². The molecule has 0 saturated heterocycles. The summed E-state index contributed by atoms with van der Waals surface area (Å²) in [7, 11) is 0. The minimum Gasteiger partial charge on any atom is -0.353 e. The van der Waals surface area contributed by atoms with Gasteiger partial charge in [-0.25, -0.2) is 0 Å². The van der Waals surface area contributed by atoms with Gasteiger partial charge in [0.15, 0.2) is 0 Å². The van der Waals surface area contributed by atoms with Crippen molar-refractivity contribution in [3.8, 4) is 0 Å². The van der Waals surface area contributed by atoms with Gasteiger partial charge in [0, 0.05) is 30.2 Å². The Bertz CT molecular complexity index is 475. The number of aromatic nitrogens is 1. The van der Waals surface area contributed by atoms with Gasteiger partial charge in [-0.2, -0.15) is 0 Å². The van der Waals surface area contributed by atoms with Crippen molar-refractivity contribution in [1.29, 1.82) is 0 Å². The molecule has 0 spiro atoms. The Morgan fingerprint density at radius 2 is 2.21 bits per heavy atom. The van der Waals surface area contributed by atoms with E-state index in [9.17, 15) is 9.59 Å². The van der Waals surface area contributed by atoms with Gasteiger partial charge in [-0.05, 0) is 31.4 Å². The molecule has 1 fully saturated rings. The first kappa shape index (κ1) is 13.8. The highest BCUT2D eigenvalue weighted by molar-refractivity contribution is 6.30. The lowest BCUT2D eigenvalue weighted by Gasteiger charge is -2.05. The summed E-state index contributed by atoms with van der Waals surface area (Å²) in [6.07, 6.45) is 4.71. The Labute approximate surface area is 116 Å². The molecule has 102 valence electrons. The van der Waals surface area contributed by atoms with Crippen molar-refractivity contribution < 1.29 is 9.59 Å². The van der Waals surface area contributed by atoms with Crippen LogP contribution in [0.3, 0.4) is 0 Å². The molecule has 1 aromatic rings. The molecular formula is C13H16ClN3O2. The van der Waals surface area contributed by atoms with Gasteiger partial charge >= 0.3 is 0 Å². The fourth-order valence-electron chi connectivity index (χ4n) is 1.60. The molecule has 1 aliphatic rings. The minimum absolute atomic E-state index is 0.0534. The van der Waals surface area contributed by atoms with Crippen LogP contribution < -0.4 is 10.6 Å². The fourth-order valence-corrected chi connectivity index (χ4v) is 1.76. The monoisotopic (exact) mass is 281 g/mol. The molecule has 19 heavy (non-hydrogen) atoms. The van der Waals surface area contributed by atoms with Crippen LogP contribution in [0.5, 0.6) is 0 Å². The molecule has 0 radical (unpaired) electrons. The molecule has 0 aromatic carbocycles. The van der Waals surface area contributed by atoms with Gasteiger partial charge in [-0.1, -0.05) is 11.6 Å². The largest absolute Gasteiger partial charge is 0.353 e. The summed E-state index contributed by atoms with van der Waals surface area (Å²) in [5, 5.41) is 6.09. The van der Waals surface area contributed by atoms with E-state index in [2.05, 4.69) is 15.6 Å². The second-order valence-corrected chi connectivity index (χ2v) is 5.00. The predicted molar refractivity (Wildman–Crippen MR) is 72.0 cm³/mol. The number of carbonyl (C=O) groups is 2. The summed E-state index contributed by atoms with van der Waals surface area (Å²) in [5.41, 5.74) is 0.287. The Morgan fingerprint density at radius 1 is 1.42 bits per heavy atom. The fraction of sp³-hybridized carbons (Fsp3) is 0.462. The minimum atomic E-state index is -0.273. The van der Waals surface area contributed by atoms with E-state index in [1.54, 1.807) is 6.07 Å². The van der Waals surface area contributed by atoms with Crippen LogP contribution in [0.25, 0.3) is 0 Å². The van der Waals surface area contributed by atoms with Gasteiger partial charge in [0.25, 0.3) is 5.91 Å². The third kappa shape index (κ3) is 4.87. The number of hydrogen-bond donors (Lipinski definition) is 2. The number of pyridine rings is 1. The Kier molecular flexibility index (Phi) is 4.74. The van der Waals surface area contributed by atoms with E-state index in [1.165, 1.54) is 12.3 Å². The Morgan fingerprint density at radius 3 is 2.89 bits per heavy atom. The summed E-state index contributed by atoms with van der Waals surface area (Å²) in [6.45, 7) is 0.450. The highest BCUT2D eigenvalue weighted by Crippen LogP contribution is 2.18. The molecule has 2 rings (SSSR count). The summed E-state index contributed by atoms with van der Waals surface area (Å²) in [5.74, 6) is -0.220. The molecule has 1 aliphatic carbocycles. The molecule has 2 N–H and O–H groups in total. The molecule has 1 saturated carbocycles. The molecule has 0 bridgehead atoms. The van der Waals surface area contributed by atoms with Crippen molar-refractivity contribution >= 4 is 23.4 Å². The van der Waals surface area contributed by atoms with E-state index in [-0.39, 0.29) is 17.5 Å². The summed E-state index contributed by atoms with van der Waals surface area (Å²) < 4.78 is 0. The maximum atomic E-state index is 11.7. The van der Waals surface area contributed by atoms with Crippen LogP contribution in [0.2, 0.25) is 5.02 Å². The zero-order valence-corrected chi connectivity index (χ0v) is 11.2. The first-order valence-electron chi connectivity index (χ1n) is 6.34. The Hall–Kier alpha value is -1.62. The molecule has 0 aliphatic heterocycles. The van der Waals surface area contributed by atoms with Crippen LogP contribution in [-0.4, -0.2) is 29.4 Å². The van der Waals surface area contributed by atoms with E-state index in [0.29, 0.717) is 30.5 Å². The zero-order chi connectivity index (χ0) is 13.7. The molecule has 0 unspecified atom stereocenters. The van der Waals surface area contributed by atoms with Crippen molar-refractivity contribution in [2.24, 2.45) is 0 Å². The number of carbonyl (C=O) groups excluding carboxylic acids is 2. The smallest absolute Gasteiger partial charge is 0.269 e. The lowest BCUT2D eigenvalue weighted by Crippen LogP contribution is -2.28. The number of nitrogens with one attached hydrogen (secondary N) is 2. The molecule has 6 heteroatoms. The van der Waals surface area contributed by atoms with Crippen LogP contribution in [0.1, 0.15) is 36.2 Å². The summed E-state index contributed by atoms with van der Waals surface area (Å²) in [4.78, 5) is 27.0. The maximum Gasteiger partial charge on any atom is 0.269 e. The number of nitrogens with zero attached hydrogens (tertiary/aromatic N) is 1. The van der Waals surface area contributed by atoms with Crippen LogP contribution in [0.4, 0.5) is 0 Å². The molecule has 5 nitrogen and oxygen atoms in total. The second kappa shape index (κ2) is 6.52. The average molecular weight is 282 g/mol. The van der Waals surface area contributed by atoms with Crippen LogP contribution in [0, 0.1) is 0 Å².